The van der Waals surface area contributed by atoms with Crippen LogP contribution in [0.3, 0.4) is 0 Å². The Labute approximate surface area is 129 Å². The number of hydrogen-bond donors (Lipinski definition) is 1. The molecule has 0 spiro atoms. The monoisotopic (exact) mass is 289 g/mol. The highest BCUT2D eigenvalue weighted by molar-refractivity contribution is 6.02. The number of rotatable bonds is 2. The number of hydrogen-bond acceptors (Lipinski definition) is 3. The molecule has 1 unspecified atom stereocenters. The summed E-state index contributed by atoms with van der Waals surface area (Å²) in [6.45, 7) is 0. The quantitative estimate of drug-likeness (QED) is 0.923. The molecule has 1 amide bonds. The summed E-state index contributed by atoms with van der Waals surface area (Å²) in [6.07, 6.45) is 1.89. The zero-order valence-electron chi connectivity index (χ0n) is 12.0. The zero-order valence-corrected chi connectivity index (χ0v) is 12.0. The van der Waals surface area contributed by atoms with Gasteiger partial charge in [0.1, 0.15) is 6.17 Å². The third-order valence-corrected chi connectivity index (χ3v) is 4.23. The predicted molar refractivity (Wildman–Crippen MR) is 83.2 cm³/mol. The lowest BCUT2D eigenvalue weighted by atomic mass is 10.0. The average molecular weight is 289 g/mol. The fourth-order valence-electron chi connectivity index (χ4n) is 3.02. The minimum absolute atomic E-state index is 0.0733. The molecular weight excluding hydrogens is 274 g/mol. The van der Waals surface area contributed by atoms with Crippen molar-refractivity contribution in [1.29, 1.82) is 5.26 Å². The first-order valence-electron chi connectivity index (χ1n) is 7.46. The van der Waals surface area contributed by atoms with Crippen LogP contribution in [0.2, 0.25) is 0 Å². The van der Waals surface area contributed by atoms with E-state index in [4.69, 9.17) is 5.26 Å². The SMILES string of the molecule is N#Cc1cccc(C2Nc3ccccc3C(=O)N2C2CC2)c1. The molecule has 4 rings (SSSR count). The molecule has 2 aliphatic rings. The Balaban J connectivity index is 1.80. The van der Waals surface area contributed by atoms with Gasteiger partial charge in [0.25, 0.3) is 5.91 Å². The molecule has 0 bridgehead atoms. The molecule has 4 nitrogen and oxygen atoms in total. The number of carbonyl (C=O) groups is 1. The molecule has 2 aromatic carbocycles. The van der Waals surface area contributed by atoms with Crippen LogP contribution in [-0.4, -0.2) is 16.8 Å². The number of fused-ring (bicyclic) bond motifs is 1. The van der Waals surface area contributed by atoms with Gasteiger partial charge in [-0.2, -0.15) is 5.26 Å². The van der Waals surface area contributed by atoms with Gasteiger partial charge in [-0.1, -0.05) is 24.3 Å². The van der Waals surface area contributed by atoms with Crippen LogP contribution >= 0.6 is 0 Å². The Morgan fingerprint density at radius 3 is 2.73 bits per heavy atom. The van der Waals surface area contributed by atoms with Crippen molar-refractivity contribution in [3.05, 3.63) is 65.2 Å². The number of para-hydroxylation sites is 1. The normalized spacial score (nSPS) is 20.0. The van der Waals surface area contributed by atoms with Gasteiger partial charge in [0, 0.05) is 11.7 Å². The zero-order chi connectivity index (χ0) is 15.1. The van der Waals surface area contributed by atoms with Gasteiger partial charge in [-0.15, -0.1) is 0 Å². The first-order chi connectivity index (χ1) is 10.8. The second-order valence-electron chi connectivity index (χ2n) is 5.77. The number of anilines is 1. The number of amides is 1. The van der Waals surface area contributed by atoms with E-state index in [1.807, 2.05) is 47.4 Å². The lowest BCUT2D eigenvalue weighted by Gasteiger charge is -2.38. The maximum Gasteiger partial charge on any atom is 0.258 e. The Morgan fingerprint density at radius 1 is 1.14 bits per heavy atom. The highest BCUT2D eigenvalue weighted by Gasteiger charge is 2.41. The molecule has 1 heterocycles. The molecule has 0 aromatic heterocycles. The fourth-order valence-corrected chi connectivity index (χ4v) is 3.02. The molecule has 0 radical (unpaired) electrons. The Kier molecular flexibility index (Phi) is 2.87. The van der Waals surface area contributed by atoms with E-state index in [2.05, 4.69) is 11.4 Å². The van der Waals surface area contributed by atoms with Crippen molar-refractivity contribution in [1.82, 2.24) is 4.90 Å². The largest absolute Gasteiger partial charge is 0.361 e. The summed E-state index contributed by atoms with van der Waals surface area (Å²) in [6, 6.07) is 17.5. The number of nitrogens with one attached hydrogen (secondary N) is 1. The van der Waals surface area contributed by atoms with Gasteiger partial charge in [0.15, 0.2) is 0 Å². The molecule has 1 fully saturated rings. The molecule has 1 N–H and O–H groups in total. The lowest BCUT2D eigenvalue weighted by molar-refractivity contribution is 0.0666. The molecule has 2 aromatic rings. The lowest BCUT2D eigenvalue weighted by Crippen LogP contribution is -2.44. The summed E-state index contributed by atoms with van der Waals surface area (Å²) in [5.41, 5.74) is 3.15. The van der Waals surface area contributed by atoms with E-state index in [1.165, 1.54) is 0 Å². The van der Waals surface area contributed by atoms with Crippen molar-refractivity contribution in [3.8, 4) is 6.07 Å². The molecule has 1 atom stereocenters. The van der Waals surface area contributed by atoms with E-state index in [0.717, 1.165) is 29.7 Å². The second-order valence-corrected chi connectivity index (χ2v) is 5.77. The average Bonchev–Trinajstić information content (AvgIpc) is 3.39. The van der Waals surface area contributed by atoms with E-state index in [0.29, 0.717) is 11.6 Å². The first-order valence-corrected chi connectivity index (χ1v) is 7.46. The van der Waals surface area contributed by atoms with E-state index < -0.39 is 0 Å². The number of nitrogens with zero attached hydrogens (tertiary/aromatic N) is 2. The molecule has 0 saturated heterocycles. The topological polar surface area (TPSA) is 56.1 Å². The first kappa shape index (κ1) is 12.9. The predicted octanol–water partition coefficient (Wildman–Crippen LogP) is 3.29. The molecule has 4 heteroatoms. The van der Waals surface area contributed by atoms with Gasteiger partial charge >= 0.3 is 0 Å². The Morgan fingerprint density at radius 2 is 1.95 bits per heavy atom. The van der Waals surface area contributed by atoms with Crippen LogP contribution in [0.1, 0.15) is 40.5 Å². The molecule has 1 aliphatic heterocycles. The van der Waals surface area contributed by atoms with Crippen LogP contribution in [0.5, 0.6) is 0 Å². The Hall–Kier alpha value is -2.80. The molecule has 108 valence electrons. The number of nitriles is 1. The summed E-state index contributed by atoms with van der Waals surface area (Å²) in [4.78, 5) is 14.8. The van der Waals surface area contributed by atoms with Gasteiger partial charge in [-0.05, 0) is 42.7 Å². The third kappa shape index (κ3) is 2.03. The Bertz CT molecular complexity index is 789. The van der Waals surface area contributed by atoms with Crippen LogP contribution in [0.25, 0.3) is 0 Å². The number of benzene rings is 2. The highest BCUT2D eigenvalue weighted by atomic mass is 16.2. The van der Waals surface area contributed by atoms with E-state index in [1.54, 1.807) is 6.07 Å². The van der Waals surface area contributed by atoms with Gasteiger partial charge < -0.3 is 10.2 Å². The standard InChI is InChI=1S/C18H15N3O/c19-11-12-4-3-5-13(10-12)17-20-16-7-2-1-6-15(16)18(22)21(17)14-8-9-14/h1-7,10,14,17,20H,8-9H2. The summed E-state index contributed by atoms with van der Waals surface area (Å²) in [5, 5.41) is 12.6. The van der Waals surface area contributed by atoms with E-state index in [-0.39, 0.29) is 12.1 Å². The fraction of sp³-hybridized carbons (Fsp3) is 0.222. The van der Waals surface area contributed by atoms with Gasteiger partial charge in [0.05, 0.1) is 17.2 Å². The summed E-state index contributed by atoms with van der Waals surface area (Å²) >= 11 is 0. The van der Waals surface area contributed by atoms with Crippen molar-refractivity contribution < 1.29 is 4.79 Å². The summed E-state index contributed by atoms with van der Waals surface area (Å²) < 4.78 is 0. The van der Waals surface area contributed by atoms with Crippen molar-refractivity contribution >= 4 is 11.6 Å². The van der Waals surface area contributed by atoms with Gasteiger partial charge in [-0.25, -0.2) is 0 Å². The van der Waals surface area contributed by atoms with Crippen LogP contribution in [0.4, 0.5) is 5.69 Å². The molecule has 1 saturated carbocycles. The number of carbonyl (C=O) groups excluding carboxylic acids is 1. The third-order valence-electron chi connectivity index (χ3n) is 4.23. The maximum absolute atomic E-state index is 12.9. The van der Waals surface area contributed by atoms with Crippen LogP contribution in [0, 0.1) is 11.3 Å². The second kappa shape index (κ2) is 4.88. The minimum Gasteiger partial charge on any atom is -0.361 e. The van der Waals surface area contributed by atoms with Gasteiger partial charge in [0.2, 0.25) is 0 Å². The van der Waals surface area contributed by atoms with Crippen molar-refractivity contribution in [2.75, 3.05) is 5.32 Å². The summed E-state index contributed by atoms with van der Waals surface area (Å²) in [7, 11) is 0. The van der Waals surface area contributed by atoms with Crippen molar-refractivity contribution in [2.24, 2.45) is 0 Å². The minimum atomic E-state index is -0.205. The summed E-state index contributed by atoms with van der Waals surface area (Å²) in [5.74, 6) is 0.0733. The smallest absolute Gasteiger partial charge is 0.258 e. The van der Waals surface area contributed by atoms with Gasteiger partial charge in [-0.3, -0.25) is 4.79 Å². The van der Waals surface area contributed by atoms with E-state index in [9.17, 15) is 4.79 Å². The van der Waals surface area contributed by atoms with Crippen LogP contribution in [-0.2, 0) is 0 Å². The van der Waals surface area contributed by atoms with Crippen LogP contribution in [0.15, 0.2) is 48.5 Å². The van der Waals surface area contributed by atoms with Crippen molar-refractivity contribution in [3.63, 3.8) is 0 Å². The maximum atomic E-state index is 12.9. The van der Waals surface area contributed by atoms with Crippen molar-refractivity contribution in [2.45, 2.75) is 25.0 Å². The van der Waals surface area contributed by atoms with Crippen LogP contribution < -0.4 is 5.32 Å². The van der Waals surface area contributed by atoms with E-state index >= 15 is 0 Å². The molecule has 1 aliphatic carbocycles. The molecule has 22 heavy (non-hydrogen) atoms. The molecular formula is C18H15N3O. The highest BCUT2D eigenvalue weighted by Crippen LogP contribution is 2.40.